The number of aromatic nitrogens is 2. The van der Waals surface area contributed by atoms with Gasteiger partial charge in [-0.15, -0.1) is 11.3 Å². The van der Waals surface area contributed by atoms with Crippen molar-refractivity contribution in [3.63, 3.8) is 0 Å². The highest BCUT2D eigenvalue weighted by atomic mass is 32.1. The smallest absolute Gasteiger partial charge is 0.223 e. The summed E-state index contributed by atoms with van der Waals surface area (Å²) in [6.07, 6.45) is 2.12. The van der Waals surface area contributed by atoms with Crippen molar-refractivity contribution in [1.82, 2.24) is 9.97 Å². The van der Waals surface area contributed by atoms with Crippen LogP contribution in [0.15, 0.2) is 6.07 Å². The fourth-order valence-corrected chi connectivity index (χ4v) is 3.18. The maximum absolute atomic E-state index is 5.87. The van der Waals surface area contributed by atoms with E-state index in [4.69, 9.17) is 5.73 Å². The molecule has 2 aromatic rings. The van der Waals surface area contributed by atoms with E-state index in [1.807, 2.05) is 0 Å². The number of hydrogen-bond donors (Lipinski definition) is 1. The first kappa shape index (κ1) is 14.1. The predicted octanol–water partition coefficient (Wildman–Crippen LogP) is 3.46. The Kier molecular flexibility index (Phi) is 4.24. The molecule has 0 aliphatic rings. The summed E-state index contributed by atoms with van der Waals surface area (Å²) in [5.74, 6) is 1.35. The summed E-state index contributed by atoms with van der Waals surface area (Å²) in [6, 6.07) is 2.61. The Morgan fingerprint density at radius 1 is 1.32 bits per heavy atom. The standard InChI is InChI=1S/C14H22N4S/c1-5-7-18(9(3)4)12-11-8-10(6-2)19-13(11)17-14(15)16-12/h8-9H,5-7H2,1-4H3,(H2,15,16,17). The maximum Gasteiger partial charge on any atom is 0.223 e. The van der Waals surface area contributed by atoms with Gasteiger partial charge in [0, 0.05) is 17.5 Å². The van der Waals surface area contributed by atoms with Gasteiger partial charge in [-0.1, -0.05) is 13.8 Å². The van der Waals surface area contributed by atoms with Crippen LogP contribution in [0.3, 0.4) is 0 Å². The summed E-state index contributed by atoms with van der Waals surface area (Å²) in [7, 11) is 0. The molecule has 2 rings (SSSR count). The number of aryl methyl sites for hydroxylation is 1. The maximum atomic E-state index is 5.87. The van der Waals surface area contributed by atoms with Crippen LogP contribution in [0, 0.1) is 0 Å². The molecule has 104 valence electrons. The molecular formula is C14H22N4S. The molecule has 0 aromatic carbocycles. The number of thiophene rings is 1. The van der Waals surface area contributed by atoms with Gasteiger partial charge in [-0.05, 0) is 32.8 Å². The van der Waals surface area contributed by atoms with Crippen molar-refractivity contribution >= 4 is 33.3 Å². The molecule has 0 unspecified atom stereocenters. The SMILES string of the molecule is CCCN(c1nc(N)nc2sc(CC)cc12)C(C)C. The third-order valence-electron chi connectivity index (χ3n) is 3.15. The fourth-order valence-electron chi connectivity index (χ4n) is 2.22. The molecule has 4 nitrogen and oxygen atoms in total. The molecule has 0 atom stereocenters. The number of fused-ring (bicyclic) bond motifs is 1. The van der Waals surface area contributed by atoms with E-state index >= 15 is 0 Å². The zero-order valence-corrected chi connectivity index (χ0v) is 12.9. The lowest BCUT2D eigenvalue weighted by molar-refractivity contribution is 0.665. The monoisotopic (exact) mass is 278 g/mol. The number of nitrogen functional groups attached to an aromatic ring is 1. The molecule has 0 fully saturated rings. The number of nitrogens with two attached hydrogens (primary N) is 1. The number of anilines is 2. The zero-order chi connectivity index (χ0) is 14.0. The van der Waals surface area contributed by atoms with Crippen LogP contribution < -0.4 is 10.6 Å². The fraction of sp³-hybridized carbons (Fsp3) is 0.571. The van der Waals surface area contributed by atoms with Gasteiger partial charge in [-0.2, -0.15) is 4.98 Å². The van der Waals surface area contributed by atoms with Crippen molar-refractivity contribution in [3.8, 4) is 0 Å². The minimum Gasteiger partial charge on any atom is -0.368 e. The normalized spacial score (nSPS) is 11.4. The van der Waals surface area contributed by atoms with Crippen molar-refractivity contribution in [2.24, 2.45) is 0 Å². The molecule has 0 saturated heterocycles. The van der Waals surface area contributed by atoms with Crippen LogP contribution in [-0.2, 0) is 6.42 Å². The van der Waals surface area contributed by atoms with E-state index in [0.717, 1.165) is 35.4 Å². The van der Waals surface area contributed by atoms with Crippen LogP contribution in [0.2, 0.25) is 0 Å². The van der Waals surface area contributed by atoms with Gasteiger partial charge >= 0.3 is 0 Å². The summed E-state index contributed by atoms with van der Waals surface area (Å²) in [5, 5.41) is 1.14. The molecule has 5 heteroatoms. The third kappa shape index (κ3) is 2.81. The molecule has 0 amide bonds. The van der Waals surface area contributed by atoms with Crippen molar-refractivity contribution < 1.29 is 0 Å². The highest BCUT2D eigenvalue weighted by Crippen LogP contribution is 2.32. The lowest BCUT2D eigenvalue weighted by Gasteiger charge is -2.28. The lowest BCUT2D eigenvalue weighted by Crippen LogP contribution is -2.32. The second-order valence-corrected chi connectivity index (χ2v) is 6.09. The van der Waals surface area contributed by atoms with E-state index < -0.39 is 0 Å². The van der Waals surface area contributed by atoms with Crippen molar-refractivity contribution in [3.05, 3.63) is 10.9 Å². The van der Waals surface area contributed by atoms with Gasteiger partial charge in [-0.3, -0.25) is 0 Å². The Morgan fingerprint density at radius 2 is 2.05 bits per heavy atom. The molecule has 0 saturated carbocycles. The van der Waals surface area contributed by atoms with Crippen LogP contribution in [0.1, 0.15) is 39.0 Å². The van der Waals surface area contributed by atoms with E-state index in [2.05, 4.69) is 48.6 Å². The molecule has 19 heavy (non-hydrogen) atoms. The molecule has 2 aromatic heterocycles. The Balaban J connectivity index is 2.59. The Labute approximate surface area is 118 Å². The minimum atomic E-state index is 0.369. The number of hydrogen-bond acceptors (Lipinski definition) is 5. The predicted molar refractivity (Wildman–Crippen MR) is 84.0 cm³/mol. The third-order valence-corrected chi connectivity index (χ3v) is 4.32. The highest BCUT2D eigenvalue weighted by molar-refractivity contribution is 7.18. The molecule has 0 aliphatic carbocycles. The summed E-state index contributed by atoms with van der Waals surface area (Å²) in [4.78, 5) is 13.5. The average molecular weight is 278 g/mol. The Hall–Kier alpha value is -1.36. The van der Waals surface area contributed by atoms with Gasteiger partial charge in [-0.25, -0.2) is 4.98 Å². The number of rotatable bonds is 5. The minimum absolute atomic E-state index is 0.369. The topological polar surface area (TPSA) is 55.0 Å². The van der Waals surface area contributed by atoms with Crippen LogP contribution in [0.4, 0.5) is 11.8 Å². The highest BCUT2D eigenvalue weighted by Gasteiger charge is 2.17. The van der Waals surface area contributed by atoms with Crippen LogP contribution in [-0.4, -0.2) is 22.6 Å². The van der Waals surface area contributed by atoms with E-state index in [0.29, 0.717) is 12.0 Å². The Bertz CT molecular complexity index is 562. The molecule has 0 spiro atoms. The van der Waals surface area contributed by atoms with E-state index in [9.17, 15) is 0 Å². The van der Waals surface area contributed by atoms with Gasteiger partial charge in [0.2, 0.25) is 5.95 Å². The first-order valence-electron chi connectivity index (χ1n) is 6.89. The second kappa shape index (κ2) is 5.74. The van der Waals surface area contributed by atoms with Gasteiger partial charge in [0.1, 0.15) is 10.6 Å². The second-order valence-electron chi connectivity index (χ2n) is 4.98. The quantitative estimate of drug-likeness (QED) is 0.910. The van der Waals surface area contributed by atoms with E-state index in [-0.39, 0.29) is 0 Å². The number of nitrogens with zero attached hydrogens (tertiary/aromatic N) is 3. The summed E-state index contributed by atoms with van der Waals surface area (Å²) in [5.41, 5.74) is 5.87. The first-order valence-corrected chi connectivity index (χ1v) is 7.71. The first-order chi connectivity index (χ1) is 9.06. The molecule has 0 radical (unpaired) electrons. The Morgan fingerprint density at radius 3 is 2.63 bits per heavy atom. The van der Waals surface area contributed by atoms with Gasteiger partial charge < -0.3 is 10.6 Å². The summed E-state index contributed by atoms with van der Waals surface area (Å²) >= 11 is 1.72. The summed E-state index contributed by atoms with van der Waals surface area (Å²) in [6.45, 7) is 9.70. The van der Waals surface area contributed by atoms with E-state index in [1.54, 1.807) is 11.3 Å². The summed E-state index contributed by atoms with van der Waals surface area (Å²) < 4.78 is 0. The van der Waals surface area contributed by atoms with Crippen molar-refractivity contribution in [2.75, 3.05) is 17.2 Å². The molecule has 0 bridgehead atoms. The van der Waals surface area contributed by atoms with Crippen molar-refractivity contribution in [2.45, 2.75) is 46.6 Å². The average Bonchev–Trinajstić information content (AvgIpc) is 2.77. The van der Waals surface area contributed by atoms with Crippen LogP contribution in [0.5, 0.6) is 0 Å². The molecular weight excluding hydrogens is 256 g/mol. The van der Waals surface area contributed by atoms with E-state index in [1.165, 1.54) is 4.88 Å². The molecule has 2 N–H and O–H groups in total. The van der Waals surface area contributed by atoms with Gasteiger partial charge in [0.25, 0.3) is 0 Å². The largest absolute Gasteiger partial charge is 0.368 e. The molecule has 2 heterocycles. The van der Waals surface area contributed by atoms with Gasteiger partial charge in [0.05, 0.1) is 5.39 Å². The van der Waals surface area contributed by atoms with Crippen LogP contribution in [0.25, 0.3) is 10.2 Å². The van der Waals surface area contributed by atoms with Crippen LogP contribution >= 0.6 is 11.3 Å². The van der Waals surface area contributed by atoms with Gasteiger partial charge in [0.15, 0.2) is 0 Å². The lowest BCUT2D eigenvalue weighted by atomic mass is 10.2. The molecule has 0 aliphatic heterocycles. The van der Waals surface area contributed by atoms with Crippen molar-refractivity contribution in [1.29, 1.82) is 0 Å². The zero-order valence-electron chi connectivity index (χ0n) is 12.1.